The summed E-state index contributed by atoms with van der Waals surface area (Å²) in [6.07, 6.45) is -1.46. The molecule has 0 unspecified atom stereocenters. The number of carbonyl (C=O) groups excluding carboxylic acids is 1. The summed E-state index contributed by atoms with van der Waals surface area (Å²) >= 11 is 0. The lowest BCUT2D eigenvalue weighted by Crippen LogP contribution is -2.17. The maximum absolute atomic E-state index is 13.6. The third kappa shape index (κ3) is 6.20. The van der Waals surface area contributed by atoms with Gasteiger partial charge in [0, 0.05) is 23.2 Å². The fraction of sp³-hybridized carbons (Fsp3) is 0.385. The maximum atomic E-state index is 13.6. The molecule has 182 valence electrons. The smallest absolute Gasteiger partial charge is 0.264 e. The van der Waals surface area contributed by atoms with Crippen LogP contribution in [0.5, 0.6) is 11.5 Å². The molecule has 0 saturated heterocycles. The molecule has 0 radical (unpaired) electrons. The van der Waals surface area contributed by atoms with Crippen LogP contribution in [0.25, 0.3) is 11.1 Å². The van der Waals surface area contributed by atoms with Crippen LogP contribution in [-0.4, -0.2) is 36.6 Å². The predicted octanol–water partition coefficient (Wildman–Crippen LogP) is 6.59. The molecule has 2 aromatic carbocycles. The van der Waals surface area contributed by atoms with Crippen molar-refractivity contribution in [2.24, 2.45) is 0 Å². The van der Waals surface area contributed by atoms with Crippen molar-refractivity contribution in [2.45, 2.75) is 47.0 Å². The second-order valence-corrected chi connectivity index (χ2v) is 8.79. The van der Waals surface area contributed by atoms with Crippen LogP contribution in [0.15, 0.2) is 34.9 Å². The van der Waals surface area contributed by atoms with Crippen LogP contribution in [-0.2, 0) is 4.79 Å². The van der Waals surface area contributed by atoms with Gasteiger partial charge in [-0.15, -0.1) is 0 Å². The van der Waals surface area contributed by atoms with Crippen LogP contribution in [0.2, 0.25) is 0 Å². The highest BCUT2D eigenvalue weighted by Gasteiger charge is 2.18. The monoisotopic (exact) mass is 471 g/mol. The van der Waals surface area contributed by atoms with E-state index in [2.05, 4.69) is 10.5 Å². The van der Waals surface area contributed by atoms with Crippen LogP contribution in [0, 0.1) is 27.7 Å². The van der Waals surface area contributed by atoms with Gasteiger partial charge in [-0.2, -0.15) is 0 Å². The molecule has 1 aromatic heterocycles. The molecule has 0 aliphatic rings. The molecule has 3 aromatic rings. The lowest BCUT2D eigenvalue weighted by molar-refractivity contribution is -0.116. The molecule has 1 heterocycles. The summed E-state index contributed by atoms with van der Waals surface area (Å²) in [5.74, 6) is 1.34. The molecule has 34 heavy (non-hydrogen) atoms. The summed E-state index contributed by atoms with van der Waals surface area (Å²) in [7, 11) is 3.94. The number of aromatic nitrogens is 1. The van der Waals surface area contributed by atoms with Gasteiger partial charge in [-0.3, -0.25) is 4.79 Å². The Balaban J connectivity index is 1.85. The van der Waals surface area contributed by atoms with E-state index in [4.69, 9.17) is 9.26 Å². The number of carbonyl (C=O) groups is 1. The Hall–Kier alpha value is -3.26. The molecule has 0 bridgehead atoms. The van der Waals surface area contributed by atoms with Gasteiger partial charge in [0.05, 0.1) is 5.69 Å². The maximum Gasteiger partial charge on any atom is 0.264 e. The number of nitrogens with one attached hydrogen (secondary N) is 1. The van der Waals surface area contributed by atoms with Crippen LogP contribution in [0.3, 0.4) is 0 Å². The Morgan fingerprint density at radius 1 is 1.09 bits per heavy atom. The molecule has 1 N–H and O–H groups in total. The van der Waals surface area contributed by atoms with E-state index in [9.17, 15) is 13.6 Å². The number of anilines is 1. The number of alkyl halides is 2. The minimum Gasteiger partial charge on any atom is -0.457 e. The number of hydrogen-bond acceptors (Lipinski definition) is 5. The first-order valence-corrected chi connectivity index (χ1v) is 11.1. The van der Waals surface area contributed by atoms with E-state index in [0.29, 0.717) is 46.2 Å². The quantitative estimate of drug-likeness (QED) is 0.382. The first kappa shape index (κ1) is 25.4. The number of ether oxygens (including phenoxy) is 1. The first-order valence-electron chi connectivity index (χ1n) is 11.1. The highest BCUT2D eigenvalue weighted by Crippen LogP contribution is 2.37. The Morgan fingerprint density at radius 3 is 2.32 bits per heavy atom. The summed E-state index contributed by atoms with van der Waals surface area (Å²) in [6.45, 7) is 8.06. The van der Waals surface area contributed by atoms with E-state index >= 15 is 0 Å². The average molecular weight is 472 g/mol. The molecule has 0 atom stereocenters. The van der Waals surface area contributed by atoms with Crippen LogP contribution in [0.4, 0.5) is 14.5 Å². The zero-order chi connectivity index (χ0) is 25.0. The largest absolute Gasteiger partial charge is 0.457 e. The van der Waals surface area contributed by atoms with Gasteiger partial charge >= 0.3 is 0 Å². The van der Waals surface area contributed by atoms with Crippen molar-refractivity contribution >= 4 is 11.6 Å². The van der Waals surface area contributed by atoms with Gasteiger partial charge in [-0.05, 0) is 102 Å². The molecule has 0 fully saturated rings. The standard InChI is InChI=1S/C26H31F2N3O3/c1-15-10-21(29-23(32)8-7-9-31(5)6)11-16(2)25(15)33-22-13-19(12-20(14-22)26(27)28)24-17(3)30-34-18(24)4/h10-14,26H,7-9H2,1-6H3,(H,29,32). The number of amides is 1. The molecule has 0 spiro atoms. The predicted molar refractivity (Wildman–Crippen MR) is 129 cm³/mol. The van der Waals surface area contributed by atoms with Gasteiger partial charge in [-0.25, -0.2) is 8.78 Å². The number of halogens is 2. The second kappa shape index (κ2) is 10.8. The zero-order valence-electron chi connectivity index (χ0n) is 20.5. The Labute approximate surface area is 198 Å². The summed E-state index contributed by atoms with van der Waals surface area (Å²) in [5.41, 5.74) is 3.94. The SMILES string of the molecule is Cc1cc(NC(=O)CCCN(C)C)cc(C)c1Oc1cc(-c2c(C)noc2C)cc(C(F)F)c1. The van der Waals surface area contributed by atoms with Crippen molar-refractivity contribution in [1.82, 2.24) is 10.1 Å². The van der Waals surface area contributed by atoms with Crippen molar-refractivity contribution in [1.29, 1.82) is 0 Å². The molecule has 8 heteroatoms. The topological polar surface area (TPSA) is 67.6 Å². The highest BCUT2D eigenvalue weighted by molar-refractivity contribution is 5.91. The summed E-state index contributed by atoms with van der Waals surface area (Å²) in [5, 5.41) is 6.85. The number of aryl methyl sites for hydroxylation is 4. The van der Waals surface area contributed by atoms with Crippen molar-refractivity contribution in [2.75, 3.05) is 26.0 Å². The minimum atomic E-state index is -2.66. The average Bonchev–Trinajstić information content (AvgIpc) is 3.08. The summed E-state index contributed by atoms with van der Waals surface area (Å²) in [6, 6.07) is 8.11. The van der Waals surface area contributed by atoms with Crippen molar-refractivity contribution in [3.8, 4) is 22.6 Å². The van der Waals surface area contributed by atoms with E-state index < -0.39 is 6.43 Å². The van der Waals surface area contributed by atoms with Crippen LogP contribution in [0.1, 0.15) is 47.4 Å². The molecule has 0 saturated carbocycles. The van der Waals surface area contributed by atoms with E-state index in [0.717, 1.165) is 24.1 Å². The van der Waals surface area contributed by atoms with Gasteiger partial charge in [0.15, 0.2) is 0 Å². The van der Waals surface area contributed by atoms with E-state index in [1.54, 1.807) is 19.9 Å². The number of rotatable bonds is 9. The number of nitrogens with zero attached hydrogens (tertiary/aromatic N) is 2. The molecule has 0 aliphatic heterocycles. The van der Waals surface area contributed by atoms with Gasteiger partial charge in [-0.1, -0.05) is 5.16 Å². The lowest BCUT2D eigenvalue weighted by Gasteiger charge is -2.16. The van der Waals surface area contributed by atoms with Crippen molar-refractivity contribution in [3.05, 3.63) is 58.5 Å². The van der Waals surface area contributed by atoms with Crippen LogP contribution < -0.4 is 10.1 Å². The molecular formula is C26H31F2N3O3. The van der Waals surface area contributed by atoms with E-state index in [1.807, 2.05) is 45.0 Å². The molecule has 6 nitrogen and oxygen atoms in total. The first-order chi connectivity index (χ1) is 16.0. The van der Waals surface area contributed by atoms with Gasteiger partial charge in [0.2, 0.25) is 5.91 Å². The lowest BCUT2D eigenvalue weighted by atomic mass is 10.0. The number of hydrogen-bond donors (Lipinski definition) is 1. The normalized spacial score (nSPS) is 11.4. The Morgan fingerprint density at radius 2 is 1.76 bits per heavy atom. The fourth-order valence-corrected chi connectivity index (χ4v) is 3.93. The van der Waals surface area contributed by atoms with Gasteiger partial charge in [0.25, 0.3) is 6.43 Å². The van der Waals surface area contributed by atoms with Gasteiger partial charge < -0.3 is 19.5 Å². The molecule has 3 rings (SSSR count). The highest BCUT2D eigenvalue weighted by atomic mass is 19.3. The Bertz CT molecular complexity index is 1130. The third-order valence-corrected chi connectivity index (χ3v) is 5.48. The zero-order valence-corrected chi connectivity index (χ0v) is 20.5. The number of benzene rings is 2. The molecule has 1 amide bonds. The minimum absolute atomic E-state index is 0.0527. The molecule has 0 aliphatic carbocycles. The molecular weight excluding hydrogens is 440 g/mol. The van der Waals surface area contributed by atoms with E-state index in [1.165, 1.54) is 12.1 Å². The second-order valence-electron chi connectivity index (χ2n) is 8.79. The van der Waals surface area contributed by atoms with Crippen molar-refractivity contribution < 1.29 is 22.8 Å². The Kier molecular flexibility index (Phi) is 8.04. The third-order valence-electron chi connectivity index (χ3n) is 5.48. The van der Waals surface area contributed by atoms with Crippen molar-refractivity contribution in [3.63, 3.8) is 0 Å². The fourth-order valence-electron chi connectivity index (χ4n) is 3.93. The summed E-state index contributed by atoms with van der Waals surface area (Å²) < 4.78 is 38.6. The van der Waals surface area contributed by atoms with Crippen LogP contribution >= 0.6 is 0 Å². The summed E-state index contributed by atoms with van der Waals surface area (Å²) in [4.78, 5) is 14.3. The van der Waals surface area contributed by atoms with E-state index in [-0.39, 0.29) is 11.5 Å². The van der Waals surface area contributed by atoms with Gasteiger partial charge in [0.1, 0.15) is 17.3 Å².